The van der Waals surface area contributed by atoms with Gasteiger partial charge in [-0.2, -0.15) is 13.2 Å². The molecule has 0 aliphatic carbocycles. The Hall–Kier alpha value is -1.41. The number of aliphatic hydroxyl groups excluding tert-OH is 1. The van der Waals surface area contributed by atoms with Crippen LogP contribution < -0.4 is 4.90 Å². The lowest BCUT2D eigenvalue weighted by molar-refractivity contribution is -0.141. The monoisotopic (exact) mass is 281 g/mol. The van der Waals surface area contributed by atoms with E-state index in [-0.39, 0.29) is 13.0 Å². The molecule has 1 aromatic heterocycles. The third-order valence-corrected chi connectivity index (χ3v) is 2.51. The van der Waals surface area contributed by atoms with Crippen molar-refractivity contribution in [2.45, 2.75) is 18.7 Å². The van der Waals surface area contributed by atoms with Crippen LogP contribution in [0, 0.1) is 0 Å². The Morgan fingerprint density at radius 2 is 2.11 bits per heavy atom. The quantitative estimate of drug-likeness (QED) is 0.787. The van der Waals surface area contributed by atoms with Gasteiger partial charge >= 0.3 is 6.18 Å². The standard InChI is InChI=1S/C9H7ClF3N3O2/c10-6-2-5(9(11,12)13)14-8(15-6)16-3-4(17)1-7(16)18/h2,4,17H,1,3H2. The van der Waals surface area contributed by atoms with Gasteiger partial charge in [0.15, 0.2) is 5.69 Å². The maximum Gasteiger partial charge on any atom is 0.433 e. The zero-order valence-electron chi connectivity index (χ0n) is 8.78. The predicted molar refractivity (Wildman–Crippen MR) is 55.0 cm³/mol. The molecule has 1 unspecified atom stereocenters. The average Bonchev–Trinajstić information content (AvgIpc) is 2.55. The summed E-state index contributed by atoms with van der Waals surface area (Å²) in [5, 5.41) is 8.84. The molecule has 0 bridgehead atoms. The maximum absolute atomic E-state index is 12.5. The summed E-state index contributed by atoms with van der Waals surface area (Å²) in [5.41, 5.74) is -1.23. The van der Waals surface area contributed by atoms with Crippen LogP contribution in [0.2, 0.25) is 5.15 Å². The lowest BCUT2D eigenvalue weighted by Gasteiger charge is -2.15. The largest absolute Gasteiger partial charge is 0.433 e. The molecule has 1 aliphatic rings. The highest BCUT2D eigenvalue weighted by molar-refractivity contribution is 6.29. The highest BCUT2D eigenvalue weighted by atomic mass is 35.5. The molecule has 5 nitrogen and oxygen atoms in total. The molecule has 1 fully saturated rings. The highest BCUT2D eigenvalue weighted by Gasteiger charge is 2.36. The van der Waals surface area contributed by atoms with Gasteiger partial charge in [0.25, 0.3) is 0 Å². The number of halogens is 4. The Labute approximate surface area is 104 Å². The lowest BCUT2D eigenvalue weighted by Crippen LogP contribution is -2.28. The first-order valence-electron chi connectivity index (χ1n) is 4.87. The van der Waals surface area contributed by atoms with Crippen molar-refractivity contribution < 1.29 is 23.1 Å². The summed E-state index contributed by atoms with van der Waals surface area (Å²) in [6, 6.07) is 0.571. The van der Waals surface area contributed by atoms with Crippen molar-refractivity contribution >= 4 is 23.5 Å². The van der Waals surface area contributed by atoms with Crippen LogP contribution in [-0.4, -0.2) is 33.6 Å². The first kappa shape index (κ1) is 13.0. The number of hydrogen-bond donors (Lipinski definition) is 1. The number of nitrogens with zero attached hydrogens (tertiary/aromatic N) is 3. The van der Waals surface area contributed by atoms with Crippen LogP contribution >= 0.6 is 11.6 Å². The topological polar surface area (TPSA) is 66.3 Å². The normalized spacial score (nSPS) is 20.6. The smallest absolute Gasteiger partial charge is 0.391 e. The van der Waals surface area contributed by atoms with Gasteiger partial charge < -0.3 is 5.11 Å². The summed E-state index contributed by atoms with van der Waals surface area (Å²) in [4.78, 5) is 19.1. The molecule has 98 valence electrons. The minimum absolute atomic E-state index is 0.142. The number of amides is 1. The number of alkyl halides is 3. The van der Waals surface area contributed by atoms with Crippen molar-refractivity contribution in [3.05, 3.63) is 16.9 Å². The molecule has 1 atom stereocenters. The SMILES string of the molecule is O=C1CC(O)CN1c1nc(Cl)cc(C(F)(F)F)n1. The number of carbonyl (C=O) groups is 1. The van der Waals surface area contributed by atoms with Gasteiger partial charge in [0.2, 0.25) is 11.9 Å². The summed E-state index contributed by atoms with van der Waals surface area (Å²) in [5.74, 6) is -0.991. The second-order valence-corrected chi connectivity index (χ2v) is 4.12. The summed E-state index contributed by atoms with van der Waals surface area (Å²) in [7, 11) is 0. The average molecular weight is 282 g/mol. The second kappa shape index (κ2) is 4.36. The fourth-order valence-electron chi connectivity index (χ4n) is 1.55. The summed E-state index contributed by atoms with van der Waals surface area (Å²) >= 11 is 5.47. The van der Waals surface area contributed by atoms with Crippen molar-refractivity contribution in [2.24, 2.45) is 0 Å². The van der Waals surface area contributed by atoms with Crippen LogP contribution in [0.25, 0.3) is 0 Å². The van der Waals surface area contributed by atoms with Crippen LogP contribution in [-0.2, 0) is 11.0 Å². The van der Waals surface area contributed by atoms with Crippen LogP contribution in [0.4, 0.5) is 19.1 Å². The molecule has 0 radical (unpaired) electrons. The number of hydrogen-bond acceptors (Lipinski definition) is 4. The van der Waals surface area contributed by atoms with Gasteiger partial charge in [-0.05, 0) is 0 Å². The first-order chi connectivity index (χ1) is 8.27. The van der Waals surface area contributed by atoms with Crippen molar-refractivity contribution in [3.8, 4) is 0 Å². The van der Waals surface area contributed by atoms with Gasteiger partial charge in [-0.25, -0.2) is 9.97 Å². The molecule has 2 rings (SSSR count). The Bertz CT molecular complexity index is 494. The van der Waals surface area contributed by atoms with Gasteiger partial charge in [0.05, 0.1) is 19.1 Å². The molecule has 0 saturated carbocycles. The van der Waals surface area contributed by atoms with Crippen molar-refractivity contribution in [2.75, 3.05) is 11.4 Å². The zero-order valence-corrected chi connectivity index (χ0v) is 9.53. The number of anilines is 1. The molecule has 0 spiro atoms. The van der Waals surface area contributed by atoms with E-state index in [1.807, 2.05) is 0 Å². The number of aliphatic hydroxyl groups is 1. The molecule has 18 heavy (non-hydrogen) atoms. The lowest BCUT2D eigenvalue weighted by atomic mass is 10.3. The van der Waals surface area contributed by atoms with Gasteiger partial charge in [-0.3, -0.25) is 9.69 Å². The van der Waals surface area contributed by atoms with E-state index in [0.717, 1.165) is 4.90 Å². The van der Waals surface area contributed by atoms with Crippen LogP contribution in [0.1, 0.15) is 12.1 Å². The van der Waals surface area contributed by atoms with E-state index in [1.165, 1.54) is 0 Å². The van der Waals surface area contributed by atoms with Crippen molar-refractivity contribution in [1.29, 1.82) is 0 Å². The predicted octanol–water partition coefficient (Wildman–Crippen LogP) is 1.25. The van der Waals surface area contributed by atoms with Crippen LogP contribution in [0.5, 0.6) is 0 Å². The molecule has 1 aromatic rings. The fraction of sp³-hybridized carbons (Fsp3) is 0.444. The Morgan fingerprint density at radius 1 is 1.44 bits per heavy atom. The number of rotatable bonds is 1. The van der Waals surface area contributed by atoms with E-state index in [2.05, 4.69) is 9.97 Å². The van der Waals surface area contributed by atoms with E-state index in [0.29, 0.717) is 6.07 Å². The molecule has 1 saturated heterocycles. The molecular weight excluding hydrogens is 275 g/mol. The molecule has 2 heterocycles. The van der Waals surface area contributed by atoms with Gasteiger partial charge in [-0.1, -0.05) is 11.6 Å². The zero-order chi connectivity index (χ0) is 13.5. The number of aromatic nitrogens is 2. The maximum atomic E-state index is 12.5. The van der Waals surface area contributed by atoms with E-state index in [1.54, 1.807) is 0 Å². The molecule has 1 N–H and O–H groups in total. The van der Waals surface area contributed by atoms with E-state index in [9.17, 15) is 23.1 Å². The Kier molecular flexibility index (Phi) is 3.16. The first-order valence-corrected chi connectivity index (χ1v) is 5.25. The minimum Gasteiger partial charge on any atom is -0.391 e. The third kappa shape index (κ3) is 2.54. The molecule has 1 amide bonds. The van der Waals surface area contributed by atoms with Crippen molar-refractivity contribution in [1.82, 2.24) is 9.97 Å². The van der Waals surface area contributed by atoms with E-state index < -0.39 is 35.0 Å². The van der Waals surface area contributed by atoms with E-state index >= 15 is 0 Å². The summed E-state index contributed by atoms with van der Waals surface area (Å²) in [6.45, 7) is -0.142. The fourth-order valence-corrected chi connectivity index (χ4v) is 1.73. The summed E-state index contributed by atoms with van der Waals surface area (Å²) < 4.78 is 37.5. The number of carbonyl (C=O) groups excluding carboxylic acids is 1. The van der Waals surface area contributed by atoms with E-state index in [4.69, 9.17) is 11.6 Å². The molecule has 1 aliphatic heterocycles. The van der Waals surface area contributed by atoms with Gasteiger partial charge in [0.1, 0.15) is 5.15 Å². The van der Waals surface area contributed by atoms with Crippen molar-refractivity contribution in [3.63, 3.8) is 0 Å². The van der Waals surface area contributed by atoms with Crippen LogP contribution in [0.15, 0.2) is 6.07 Å². The minimum atomic E-state index is -4.68. The Balaban J connectivity index is 2.40. The van der Waals surface area contributed by atoms with Gasteiger partial charge in [-0.15, -0.1) is 0 Å². The van der Waals surface area contributed by atoms with Crippen LogP contribution in [0.3, 0.4) is 0 Å². The molecular formula is C9H7ClF3N3O2. The summed E-state index contributed by atoms with van der Waals surface area (Å²) in [6.07, 6.45) is -5.78. The number of β-amino-alcohol motifs (C(OH)–C–C–N with tert-alkyl or cyclic N) is 1. The molecule has 9 heteroatoms. The van der Waals surface area contributed by atoms with Gasteiger partial charge in [0, 0.05) is 6.07 Å². The molecule has 0 aromatic carbocycles. The third-order valence-electron chi connectivity index (χ3n) is 2.32. The second-order valence-electron chi connectivity index (χ2n) is 3.74. The Morgan fingerprint density at radius 3 is 2.61 bits per heavy atom. The highest BCUT2D eigenvalue weighted by Crippen LogP contribution is 2.31.